The van der Waals surface area contributed by atoms with Crippen LogP contribution < -0.4 is 4.74 Å². The fourth-order valence-corrected chi connectivity index (χ4v) is 4.54. The number of hydrogen-bond donors (Lipinski definition) is 0. The molecule has 0 radical (unpaired) electrons. The van der Waals surface area contributed by atoms with Crippen molar-refractivity contribution in [1.82, 2.24) is 4.90 Å². The van der Waals surface area contributed by atoms with E-state index in [0.717, 1.165) is 25.8 Å². The first-order chi connectivity index (χ1) is 15.7. The molecule has 1 fully saturated rings. The zero-order valence-electron chi connectivity index (χ0n) is 17.6. The van der Waals surface area contributed by atoms with Crippen LogP contribution in [0.2, 0.25) is 0 Å². The van der Waals surface area contributed by atoms with Crippen LogP contribution in [0, 0.1) is 13.7 Å². The van der Waals surface area contributed by atoms with E-state index >= 15 is 0 Å². The Morgan fingerprint density at radius 1 is 1.24 bits per heavy atom. The smallest absolute Gasteiger partial charge is 0.329 e. The normalized spacial score (nSPS) is 15.6. The molecule has 1 aliphatic heterocycles. The number of non-ortho nitro benzene ring substituents is 1. The Bertz CT molecular complexity index is 1130. The van der Waals surface area contributed by atoms with E-state index < -0.39 is 28.1 Å². The first-order valence-electron chi connectivity index (χ1n) is 9.80. The number of benzene rings is 2. The van der Waals surface area contributed by atoms with Crippen molar-refractivity contribution in [3.8, 4) is 5.75 Å². The highest BCUT2D eigenvalue weighted by Crippen LogP contribution is 2.34. The van der Waals surface area contributed by atoms with Gasteiger partial charge in [0.2, 0.25) is 0 Å². The van der Waals surface area contributed by atoms with Crippen LogP contribution in [0.3, 0.4) is 0 Å². The summed E-state index contributed by atoms with van der Waals surface area (Å²) in [5.74, 6) is -0.570. The molecule has 0 spiro atoms. The van der Waals surface area contributed by atoms with E-state index in [-0.39, 0.29) is 23.8 Å². The van der Waals surface area contributed by atoms with Crippen LogP contribution in [-0.4, -0.2) is 39.6 Å². The molecule has 33 heavy (non-hydrogen) atoms. The van der Waals surface area contributed by atoms with Crippen LogP contribution in [0.5, 0.6) is 5.75 Å². The minimum atomic E-state index is -1.00. The standard InChI is InChI=1S/C22H19IN2O7S/c1-3-31-21(27)13(2)24-20(26)19(33-22(24)28)11-15-6-9-18(17(23)10-15)32-12-14-4-7-16(8-5-14)25(29)30/h4-11,13H,3,12H2,1-2H3/b19-11+/t13-/m0/s1. The summed E-state index contributed by atoms with van der Waals surface area (Å²) >= 11 is 2.87. The van der Waals surface area contributed by atoms with E-state index in [9.17, 15) is 24.5 Å². The summed E-state index contributed by atoms with van der Waals surface area (Å²) in [6, 6.07) is 10.4. The van der Waals surface area contributed by atoms with Crippen molar-refractivity contribution in [2.45, 2.75) is 26.5 Å². The van der Waals surface area contributed by atoms with Gasteiger partial charge in [-0.15, -0.1) is 0 Å². The van der Waals surface area contributed by atoms with Crippen LogP contribution in [0.15, 0.2) is 47.4 Å². The fourth-order valence-electron chi connectivity index (χ4n) is 2.93. The summed E-state index contributed by atoms with van der Waals surface area (Å²) in [6.07, 6.45) is 1.59. The summed E-state index contributed by atoms with van der Waals surface area (Å²) in [7, 11) is 0. The number of amides is 2. The van der Waals surface area contributed by atoms with Crippen molar-refractivity contribution in [3.63, 3.8) is 0 Å². The second kappa shape index (κ2) is 10.8. The number of nitrogens with zero attached hydrogens (tertiary/aromatic N) is 2. The molecule has 1 aliphatic rings. The molecule has 2 amide bonds. The average molecular weight is 582 g/mol. The first-order valence-corrected chi connectivity index (χ1v) is 11.7. The molecule has 2 aromatic carbocycles. The number of esters is 1. The molecule has 9 nitrogen and oxygen atoms in total. The van der Waals surface area contributed by atoms with E-state index in [2.05, 4.69) is 22.6 Å². The number of halogens is 1. The molecule has 0 aromatic heterocycles. The molecule has 0 unspecified atom stereocenters. The Morgan fingerprint density at radius 2 is 1.94 bits per heavy atom. The van der Waals surface area contributed by atoms with E-state index in [1.165, 1.54) is 19.1 Å². The predicted octanol–water partition coefficient (Wildman–Crippen LogP) is 4.77. The molecular formula is C22H19IN2O7S. The number of ether oxygens (including phenoxy) is 2. The molecule has 0 N–H and O–H groups in total. The Kier molecular flexibility index (Phi) is 8.08. The summed E-state index contributed by atoms with van der Waals surface area (Å²) in [6.45, 7) is 3.50. The van der Waals surface area contributed by atoms with Gasteiger partial charge in [-0.3, -0.25) is 24.6 Å². The van der Waals surface area contributed by atoms with Crippen molar-refractivity contribution in [2.75, 3.05) is 6.61 Å². The number of carbonyl (C=O) groups excluding carboxylic acids is 3. The molecule has 172 valence electrons. The number of imide groups is 1. The molecule has 1 atom stereocenters. The minimum absolute atomic E-state index is 0.0127. The van der Waals surface area contributed by atoms with Gasteiger partial charge in [-0.25, -0.2) is 4.79 Å². The lowest BCUT2D eigenvalue weighted by Gasteiger charge is -2.19. The van der Waals surface area contributed by atoms with Crippen molar-refractivity contribution >= 4 is 63.2 Å². The monoisotopic (exact) mass is 582 g/mol. The second-order valence-corrected chi connectivity index (χ2v) is 9.04. The van der Waals surface area contributed by atoms with E-state index in [4.69, 9.17) is 9.47 Å². The largest absolute Gasteiger partial charge is 0.488 e. The van der Waals surface area contributed by atoms with Gasteiger partial charge in [-0.2, -0.15) is 0 Å². The average Bonchev–Trinajstić information content (AvgIpc) is 3.05. The Hall–Kier alpha value is -2.93. The third-order valence-corrected chi connectivity index (χ3v) is 6.36. The SMILES string of the molecule is CCOC(=O)[C@H](C)N1C(=O)S/C(=C/c2ccc(OCc3ccc([N+](=O)[O-])cc3)c(I)c2)C1=O. The first kappa shape index (κ1) is 24.7. The maximum Gasteiger partial charge on any atom is 0.329 e. The zero-order valence-corrected chi connectivity index (χ0v) is 20.6. The van der Waals surface area contributed by atoms with Gasteiger partial charge in [0.1, 0.15) is 18.4 Å². The Morgan fingerprint density at radius 3 is 2.55 bits per heavy atom. The third kappa shape index (κ3) is 5.90. The lowest BCUT2D eigenvalue weighted by Crippen LogP contribution is -2.42. The summed E-state index contributed by atoms with van der Waals surface area (Å²) in [5.41, 5.74) is 1.49. The van der Waals surface area contributed by atoms with Crippen molar-refractivity contribution in [2.24, 2.45) is 0 Å². The summed E-state index contributed by atoms with van der Waals surface area (Å²) in [5, 5.41) is 10.2. The van der Waals surface area contributed by atoms with Crippen LogP contribution in [0.4, 0.5) is 10.5 Å². The predicted molar refractivity (Wildman–Crippen MR) is 130 cm³/mol. The highest BCUT2D eigenvalue weighted by molar-refractivity contribution is 14.1. The molecule has 1 saturated heterocycles. The van der Waals surface area contributed by atoms with Gasteiger partial charge in [0.25, 0.3) is 16.8 Å². The van der Waals surface area contributed by atoms with Gasteiger partial charge in [0, 0.05) is 12.1 Å². The lowest BCUT2D eigenvalue weighted by atomic mass is 10.2. The van der Waals surface area contributed by atoms with Crippen LogP contribution >= 0.6 is 34.4 Å². The number of hydrogen-bond acceptors (Lipinski definition) is 8. The number of rotatable bonds is 8. The van der Waals surface area contributed by atoms with Crippen molar-refractivity contribution < 1.29 is 28.8 Å². The van der Waals surface area contributed by atoms with Crippen molar-refractivity contribution in [1.29, 1.82) is 0 Å². The van der Waals surface area contributed by atoms with Gasteiger partial charge < -0.3 is 9.47 Å². The molecule has 3 rings (SSSR count). The highest BCUT2D eigenvalue weighted by Gasteiger charge is 2.41. The molecular weight excluding hydrogens is 563 g/mol. The third-order valence-electron chi connectivity index (χ3n) is 4.63. The topological polar surface area (TPSA) is 116 Å². The fraction of sp³-hybridized carbons (Fsp3) is 0.227. The van der Waals surface area contributed by atoms with E-state index in [1.54, 1.807) is 43.3 Å². The van der Waals surface area contributed by atoms with Crippen LogP contribution in [0.1, 0.15) is 25.0 Å². The zero-order chi connectivity index (χ0) is 24.1. The number of carbonyl (C=O) groups is 3. The molecule has 0 saturated carbocycles. The summed E-state index contributed by atoms with van der Waals surface area (Å²) < 4.78 is 11.5. The molecule has 11 heteroatoms. The van der Waals surface area contributed by atoms with E-state index in [0.29, 0.717) is 11.3 Å². The van der Waals surface area contributed by atoms with Gasteiger partial charge in [0.05, 0.1) is 20.0 Å². The Labute approximate surface area is 207 Å². The number of nitro groups is 1. The van der Waals surface area contributed by atoms with Crippen molar-refractivity contribution in [3.05, 3.63) is 72.2 Å². The molecule has 0 bridgehead atoms. The minimum Gasteiger partial charge on any atom is -0.488 e. The highest BCUT2D eigenvalue weighted by atomic mass is 127. The maximum absolute atomic E-state index is 12.7. The quantitative estimate of drug-likeness (QED) is 0.144. The maximum atomic E-state index is 12.7. The van der Waals surface area contributed by atoms with Gasteiger partial charge in [-0.05, 0) is 89.7 Å². The summed E-state index contributed by atoms with van der Waals surface area (Å²) in [4.78, 5) is 48.3. The molecule has 2 aromatic rings. The van der Waals surface area contributed by atoms with Gasteiger partial charge >= 0.3 is 5.97 Å². The lowest BCUT2D eigenvalue weighted by molar-refractivity contribution is -0.384. The number of nitro benzene ring substituents is 1. The van der Waals surface area contributed by atoms with E-state index in [1.807, 2.05) is 0 Å². The van der Waals surface area contributed by atoms with Gasteiger partial charge in [-0.1, -0.05) is 6.07 Å². The Balaban J connectivity index is 1.69. The van der Waals surface area contributed by atoms with Gasteiger partial charge in [0.15, 0.2) is 0 Å². The number of thioether (sulfide) groups is 1. The molecule has 1 heterocycles. The van der Waals surface area contributed by atoms with Crippen LogP contribution in [0.25, 0.3) is 6.08 Å². The second-order valence-electron chi connectivity index (χ2n) is 6.88. The van der Waals surface area contributed by atoms with Crippen LogP contribution in [-0.2, 0) is 20.9 Å². The molecule has 0 aliphatic carbocycles.